The minimum Gasteiger partial charge on any atom is -0.353 e. The van der Waals surface area contributed by atoms with Gasteiger partial charge in [0.05, 0.1) is 10.5 Å². The summed E-state index contributed by atoms with van der Waals surface area (Å²) < 4.78 is 27.4. The van der Waals surface area contributed by atoms with Crippen LogP contribution in [-0.2, 0) is 14.8 Å². The van der Waals surface area contributed by atoms with Gasteiger partial charge in [0.2, 0.25) is 15.9 Å². The summed E-state index contributed by atoms with van der Waals surface area (Å²) in [5.41, 5.74) is 0.558. The largest absolute Gasteiger partial charge is 0.353 e. The highest BCUT2D eigenvalue weighted by Crippen LogP contribution is 2.31. The Labute approximate surface area is 150 Å². The average Bonchev–Trinajstić information content (AvgIpc) is 2.62. The number of nitriles is 1. The van der Waals surface area contributed by atoms with Crippen LogP contribution >= 0.6 is 11.6 Å². The lowest BCUT2D eigenvalue weighted by Gasteiger charge is -2.34. The van der Waals surface area contributed by atoms with Crippen LogP contribution in [0.2, 0.25) is 5.02 Å². The van der Waals surface area contributed by atoms with Crippen LogP contribution in [0.5, 0.6) is 0 Å². The van der Waals surface area contributed by atoms with Crippen LogP contribution in [-0.4, -0.2) is 31.7 Å². The van der Waals surface area contributed by atoms with E-state index in [2.05, 4.69) is 5.32 Å². The normalized spacial score (nSPS) is 18.4. The number of rotatable bonds is 3. The van der Waals surface area contributed by atoms with Crippen molar-refractivity contribution < 1.29 is 13.2 Å². The number of nitrogens with zero attached hydrogens (tertiary/aromatic N) is 2. The minimum atomic E-state index is -4.03. The molecule has 3 rings (SSSR count). The van der Waals surface area contributed by atoms with Crippen molar-refractivity contribution in [2.75, 3.05) is 13.1 Å². The quantitative estimate of drug-likeness (QED) is 0.889. The van der Waals surface area contributed by atoms with Crippen molar-refractivity contribution in [2.24, 2.45) is 0 Å². The molecule has 6 nitrogen and oxygen atoms in total. The smallest absolute Gasteiger partial charge is 0.245 e. The Morgan fingerprint density at radius 2 is 1.84 bits per heavy atom. The lowest BCUT2D eigenvalue weighted by atomic mass is 10.1. The van der Waals surface area contributed by atoms with Crippen LogP contribution < -0.4 is 5.32 Å². The Hall–Kier alpha value is -2.40. The minimum absolute atomic E-state index is 0.0448. The Balaban J connectivity index is 2.10. The molecule has 1 amide bonds. The third-order valence-electron chi connectivity index (χ3n) is 3.95. The molecule has 0 bridgehead atoms. The van der Waals surface area contributed by atoms with Gasteiger partial charge in [0.1, 0.15) is 12.1 Å². The molecule has 1 aliphatic heterocycles. The average molecular weight is 376 g/mol. The van der Waals surface area contributed by atoms with Gasteiger partial charge >= 0.3 is 0 Å². The zero-order valence-electron chi connectivity index (χ0n) is 13.0. The van der Waals surface area contributed by atoms with E-state index in [4.69, 9.17) is 11.6 Å². The third kappa shape index (κ3) is 3.24. The van der Waals surface area contributed by atoms with E-state index in [0.29, 0.717) is 10.6 Å². The summed E-state index contributed by atoms with van der Waals surface area (Å²) in [5.74, 6) is -0.411. The molecule has 0 spiro atoms. The molecule has 1 aliphatic rings. The Morgan fingerprint density at radius 3 is 2.52 bits per heavy atom. The van der Waals surface area contributed by atoms with Crippen molar-refractivity contribution in [1.29, 1.82) is 5.26 Å². The summed E-state index contributed by atoms with van der Waals surface area (Å²) in [6.07, 6.45) is 0. The Kier molecular flexibility index (Phi) is 4.77. The number of hydrogen-bond donors (Lipinski definition) is 1. The standard InChI is InChI=1S/C17H14ClN3O3S/c18-14-7-5-12(6-8-14)16-17(22)20-9-10-21(16)25(23,24)15-4-2-1-3-13(15)11-19/h1-8,16H,9-10H2,(H,20,22). The van der Waals surface area contributed by atoms with Crippen LogP contribution in [0, 0.1) is 11.3 Å². The maximum atomic E-state index is 13.1. The van der Waals surface area contributed by atoms with Crippen molar-refractivity contribution in [3.05, 3.63) is 64.7 Å². The molecule has 1 heterocycles. The number of piperazine rings is 1. The van der Waals surface area contributed by atoms with Crippen LogP contribution in [0.1, 0.15) is 17.2 Å². The second kappa shape index (κ2) is 6.84. The summed E-state index contributed by atoms with van der Waals surface area (Å²) in [7, 11) is -4.03. The van der Waals surface area contributed by atoms with Gasteiger partial charge in [-0.2, -0.15) is 9.57 Å². The van der Waals surface area contributed by atoms with Crippen molar-refractivity contribution in [3.8, 4) is 6.07 Å². The zero-order valence-corrected chi connectivity index (χ0v) is 14.6. The van der Waals surface area contributed by atoms with E-state index >= 15 is 0 Å². The van der Waals surface area contributed by atoms with Gasteiger partial charge in [0.15, 0.2) is 0 Å². The molecule has 1 N–H and O–H groups in total. The number of carbonyl (C=O) groups is 1. The fourth-order valence-corrected chi connectivity index (χ4v) is 4.63. The third-order valence-corrected chi connectivity index (χ3v) is 6.12. The van der Waals surface area contributed by atoms with E-state index < -0.39 is 22.0 Å². The maximum absolute atomic E-state index is 13.1. The summed E-state index contributed by atoms with van der Waals surface area (Å²) in [5, 5.41) is 12.4. The SMILES string of the molecule is N#Cc1ccccc1S(=O)(=O)N1CCNC(=O)C1c1ccc(Cl)cc1. The van der Waals surface area contributed by atoms with E-state index in [1.54, 1.807) is 36.4 Å². The van der Waals surface area contributed by atoms with Gasteiger partial charge < -0.3 is 5.32 Å². The molecule has 0 aromatic heterocycles. The topological polar surface area (TPSA) is 90.3 Å². The first-order chi connectivity index (χ1) is 11.9. The number of amides is 1. The van der Waals surface area contributed by atoms with Gasteiger partial charge in [-0.1, -0.05) is 35.9 Å². The zero-order chi connectivity index (χ0) is 18.0. The summed E-state index contributed by atoms with van der Waals surface area (Å²) in [6, 6.07) is 13.3. The van der Waals surface area contributed by atoms with E-state index in [0.717, 1.165) is 4.31 Å². The first-order valence-corrected chi connectivity index (χ1v) is 9.31. The van der Waals surface area contributed by atoms with Gasteiger partial charge in [0, 0.05) is 18.1 Å². The molecular weight excluding hydrogens is 362 g/mol. The molecule has 25 heavy (non-hydrogen) atoms. The molecule has 128 valence electrons. The van der Waals surface area contributed by atoms with Crippen LogP contribution in [0.15, 0.2) is 53.4 Å². The maximum Gasteiger partial charge on any atom is 0.245 e. The predicted molar refractivity (Wildman–Crippen MR) is 92.3 cm³/mol. The first kappa shape index (κ1) is 17.4. The number of nitrogens with one attached hydrogen (secondary N) is 1. The summed E-state index contributed by atoms with van der Waals surface area (Å²) in [4.78, 5) is 12.3. The monoisotopic (exact) mass is 375 g/mol. The summed E-state index contributed by atoms with van der Waals surface area (Å²) in [6.45, 7) is 0.317. The fourth-order valence-electron chi connectivity index (χ4n) is 2.78. The van der Waals surface area contributed by atoms with Gasteiger partial charge in [0.25, 0.3) is 0 Å². The second-order valence-electron chi connectivity index (χ2n) is 5.47. The molecule has 1 fully saturated rings. The van der Waals surface area contributed by atoms with E-state index in [1.165, 1.54) is 12.1 Å². The van der Waals surface area contributed by atoms with Gasteiger partial charge in [-0.3, -0.25) is 4.79 Å². The molecule has 2 aromatic rings. The fraction of sp³-hybridized carbons (Fsp3) is 0.176. The molecule has 0 saturated carbocycles. The van der Waals surface area contributed by atoms with E-state index in [1.807, 2.05) is 6.07 Å². The molecule has 1 saturated heterocycles. The molecular formula is C17H14ClN3O3S. The van der Waals surface area contributed by atoms with Crippen molar-refractivity contribution in [3.63, 3.8) is 0 Å². The summed E-state index contributed by atoms with van der Waals surface area (Å²) >= 11 is 5.88. The van der Waals surface area contributed by atoms with Gasteiger partial charge in [-0.05, 0) is 29.8 Å². The van der Waals surface area contributed by atoms with Crippen molar-refractivity contribution >= 4 is 27.5 Å². The number of carbonyl (C=O) groups excluding carboxylic acids is 1. The van der Waals surface area contributed by atoms with Gasteiger partial charge in [-0.25, -0.2) is 8.42 Å². The molecule has 0 radical (unpaired) electrons. The lowest BCUT2D eigenvalue weighted by Crippen LogP contribution is -2.52. The Bertz CT molecular complexity index is 952. The highest BCUT2D eigenvalue weighted by atomic mass is 35.5. The number of benzene rings is 2. The van der Waals surface area contributed by atoms with Crippen molar-refractivity contribution in [2.45, 2.75) is 10.9 Å². The first-order valence-electron chi connectivity index (χ1n) is 7.49. The number of hydrogen-bond acceptors (Lipinski definition) is 4. The Morgan fingerprint density at radius 1 is 1.16 bits per heavy atom. The molecule has 8 heteroatoms. The van der Waals surface area contributed by atoms with Crippen molar-refractivity contribution in [1.82, 2.24) is 9.62 Å². The van der Waals surface area contributed by atoms with E-state index in [9.17, 15) is 18.5 Å². The lowest BCUT2D eigenvalue weighted by molar-refractivity contribution is -0.126. The highest BCUT2D eigenvalue weighted by molar-refractivity contribution is 7.89. The second-order valence-corrected chi connectivity index (χ2v) is 7.76. The molecule has 0 aliphatic carbocycles. The number of halogens is 1. The predicted octanol–water partition coefficient (Wildman–Crippen LogP) is 2.07. The van der Waals surface area contributed by atoms with Crippen LogP contribution in [0.3, 0.4) is 0 Å². The highest BCUT2D eigenvalue weighted by Gasteiger charge is 2.40. The van der Waals surface area contributed by atoms with Crippen LogP contribution in [0.4, 0.5) is 0 Å². The molecule has 1 atom stereocenters. The molecule has 1 unspecified atom stereocenters. The molecule has 2 aromatic carbocycles. The number of sulfonamides is 1. The van der Waals surface area contributed by atoms with Gasteiger partial charge in [-0.15, -0.1) is 0 Å². The van der Waals surface area contributed by atoms with Crippen LogP contribution in [0.25, 0.3) is 0 Å². The van der Waals surface area contributed by atoms with E-state index in [-0.39, 0.29) is 23.5 Å².